The molecule has 2 unspecified atom stereocenters. The molecule has 0 saturated carbocycles. The highest BCUT2D eigenvalue weighted by Crippen LogP contribution is 2.36. The van der Waals surface area contributed by atoms with E-state index in [4.69, 9.17) is 9.47 Å². The summed E-state index contributed by atoms with van der Waals surface area (Å²) in [5, 5.41) is 21.3. The van der Waals surface area contributed by atoms with Gasteiger partial charge in [0, 0.05) is 23.1 Å². The molecule has 0 aliphatic rings. The number of carbonyl (C=O) groups excluding carboxylic acids is 3. The molecule has 2 atom stereocenters. The van der Waals surface area contributed by atoms with Crippen LogP contribution >= 0.6 is 0 Å². The van der Waals surface area contributed by atoms with Crippen molar-refractivity contribution < 1.29 is 34.1 Å². The lowest BCUT2D eigenvalue weighted by Crippen LogP contribution is -2.41. The van der Waals surface area contributed by atoms with Gasteiger partial charge in [0.1, 0.15) is 28.6 Å². The highest BCUT2D eigenvalue weighted by atomic mass is 16.5. The lowest BCUT2D eigenvalue weighted by molar-refractivity contribution is 0.00922. The molecule has 0 spiro atoms. The smallest absolute Gasteiger partial charge is 0.343 e. The van der Waals surface area contributed by atoms with Crippen LogP contribution in [0.3, 0.4) is 0 Å². The standard InChI is InChI=1S/C37H46O7/c1-9-11-20-36(6,7)34(41)25-12-14-26(15-13-25)35(42)43-27-16-18-29(31(38)21-27)33(40)30-19-17-28(22-32(30)39)44-37(8,10-2)24(5)23(3)4/h12-19,21-24,38-39H,9-11,20H2,1-8H3. The molecule has 44 heavy (non-hydrogen) atoms. The first-order valence-electron chi connectivity index (χ1n) is 15.4. The lowest BCUT2D eigenvalue weighted by Gasteiger charge is -2.37. The van der Waals surface area contributed by atoms with E-state index >= 15 is 0 Å². The van der Waals surface area contributed by atoms with E-state index in [0.717, 1.165) is 25.7 Å². The Kier molecular flexibility index (Phi) is 11.0. The molecule has 3 aromatic carbocycles. The third-order valence-corrected chi connectivity index (χ3v) is 8.81. The molecule has 0 aliphatic heterocycles. The van der Waals surface area contributed by atoms with E-state index in [-0.39, 0.29) is 39.9 Å². The van der Waals surface area contributed by atoms with Crippen molar-refractivity contribution in [2.24, 2.45) is 17.3 Å². The molecule has 3 rings (SSSR count). The SMILES string of the molecule is CCCCC(C)(C)C(=O)c1ccc(C(=O)Oc2ccc(C(=O)c3ccc(OC(C)(CC)C(C)C(C)C)cc3O)c(O)c2)cc1. The fraction of sp³-hybridized carbons (Fsp3) is 0.432. The number of rotatable bonds is 14. The maximum absolute atomic E-state index is 13.2. The largest absolute Gasteiger partial charge is 0.507 e. The summed E-state index contributed by atoms with van der Waals surface area (Å²) in [5.41, 5.74) is -0.252. The van der Waals surface area contributed by atoms with Gasteiger partial charge in [-0.05, 0) is 68.0 Å². The average molecular weight is 603 g/mol. The van der Waals surface area contributed by atoms with Crippen LogP contribution in [0.1, 0.15) is 118 Å². The van der Waals surface area contributed by atoms with E-state index in [1.807, 2.05) is 20.8 Å². The minimum Gasteiger partial charge on any atom is -0.507 e. The third-order valence-electron chi connectivity index (χ3n) is 8.81. The summed E-state index contributed by atoms with van der Waals surface area (Å²) in [6.07, 6.45) is 3.51. The highest BCUT2D eigenvalue weighted by molar-refractivity contribution is 6.12. The van der Waals surface area contributed by atoms with Crippen LogP contribution in [0.4, 0.5) is 0 Å². The number of Topliss-reactive ketones (excluding diaryl/α,β-unsaturated/α-hetero) is 1. The van der Waals surface area contributed by atoms with Gasteiger partial charge in [0.25, 0.3) is 0 Å². The van der Waals surface area contributed by atoms with Crippen molar-refractivity contribution in [3.05, 3.63) is 82.9 Å². The van der Waals surface area contributed by atoms with E-state index in [1.165, 1.54) is 42.5 Å². The number of carbonyl (C=O) groups is 3. The predicted molar refractivity (Wildman–Crippen MR) is 172 cm³/mol. The van der Waals surface area contributed by atoms with Crippen molar-refractivity contribution in [1.82, 2.24) is 0 Å². The minimum atomic E-state index is -0.674. The molecule has 7 heteroatoms. The molecule has 236 valence electrons. The lowest BCUT2D eigenvalue weighted by atomic mass is 9.80. The van der Waals surface area contributed by atoms with Crippen molar-refractivity contribution in [2.75, 3.05) is 0 Å². The second-order valence-electron chi connectivity index (χ2n) is 12.8. The van der Waals surface area contributed by atoms with E-state index < -0.39 is 28.5 Å². The number of esters is 1. The maximum Gasteiger partial charge on any atom is 0.343 e. The Bertz CT molecular complexity index is 1490. The number of ether oxygens (including phenoxy) is 2. The van der Waals surface area contributed by atoms with Crippen molar-refractivity contribution in [3.63, 3.8) is 0 Å². The van der Waals surface area contributed by atoms with Gasteiger partial charge in [0.15, 0.2) is 11.6 Å². The molecule has 0 heterocycles. The van der Waals surface area contributed by atoms with Crippen LogP contribution in [0.2, 0.25) is 0 Å². The zero-order chi connectivity index (χ0) is 32.8. The van der Waals surface area contributed by atoms with Crippen LogP contribution in [-0.4, -0.2) is 33.3 Å². The zero-order valence-electron chi connectivity index (χ0n) is 27.2. The Morgan fingerprint density at radius 3 is 1.80 bits per heavy atom. The number of phenolic OH excluding ortho intramolecular Hbond substituents is 2. The fourth-order valence-corrected chi connectivity index (χ4v) is 5.19. The van der Waals surface area contributed by atoms with Gasteiger partial charge in [0.05, 0.1) is 16.7 Å². The molecule has 2 N–H and O–H groups in total. The second kappa shape index (κ2) is 14.1. The quantitative estimate of drug-likeness (QED) is 0.108. The molecule has 0 radical (unpaired) electrons. The summed E-state index contributed by atoms with van der Waals surface area (Å²) in [7, 11) is 0. The minimum absolute atomic E-state index is 0.0000120. The number of unbranched alkanes of at least 4 members (excludes halogenated alkanes) is 1. The van der Waals surface area contributed by atoms with Gasteiger partial charge in [-0.25, -0.2) is 4.79 Å². The van der Waals surface area contributed by atoms with Crippen LogP contribution in [0.5, 0.6) is 23.0 Å². The van der Waals surface area contributed by atoms with Gasteiger partial charge in [-0.3, -0.25) is 9.59 Å². The van der Waals surface area contributed by atoms with Crippen LogP contribution in [-0.2, 0) is 0 Å². The van der Waals surface area contributed by atoms with Crippen molar-refractivity contribution in [1.29, 1.82) is 0 Å². The van der Waals surface area contributed by atoms with Crippen LogP contribution < -0.4 is 9.47 Å². The van der Waals surface area contributed by atoms with E-state index in [2.05, 4.69) is 34.6 Å². The Balaban J connectivity index is 1.72. The Morgan fingerprint density at radius 1 is 0.773 bits per heavy atom. The average Bonchev–Trinajstić information content (AvgIpc) is 2.99. The molecule has 3 aromatic rings. The molecule has 0 amide bonds. The summed E-state index contributed by atoms with van der Waals surface area (Å²) < 4.78 is 11.7. The number of phenols is 2. The number of benzene rings is 3. The molecule has 0 fully saturated rings. The number of hydrogen-bond donors (Lipinski definition) is 2. The van der Waals surface area contributed by atoms with Gasteiger partial charge >= 0.3 is 5.97 Å². The Morgan fingerprint density at radius 2 is 1.30 bits per heavy atom. The van der Waals surface area contributed by atoms with Crippen LogP contribution in [0, 0.1) is 17.3 Å². The first-order chi connectivity index (χ1) is 20.6. The summed E-state index contributed by atoms with van der Waals surface area (Å²) in [5.74, 6) is -0.804. The normalized spacial score (nSPS) is 13.7. The number of hydrogen-bond acceptors (Lipinski definition) is 7. The van der Waals surface area contributed by atoms with E-state index in [0.29, 0.717) is 17.2 Å². The molecular formula is C37H46O7. The zero-order valence-corrected chi connectivity index (χ0v) is 27.2. The van der Waals surface area contributed by atoms with Gasteiger partial charge in [-0.1, -0.05) is 73.4 Å². The summed E-state index contributed by atoms with van der Waals surface area (Å²) in [6, 6.07) is 14.7. The summed E-state index contributed by atoms with van der Waals surface area (Å²) in [4.78, 5) is 38.9. The molecule has 0 aliphatic carbocycles. The third kappa shape index (κ3) is 7.87. The summed E-state index contributed by atoms with van der Waals surface area (Å²) >= 11 is 0. The highest BCUT2D eigenvalue weighted by Gasteiger charge is 2.34. The number of ketones is 2. The first-order valence-corrected chi connectivity index (χ1v) is 15.4. The molecular weight excluding hydrogens is 556 g/mol. The molecule has 0 bridgehead atoms. The molecule has 0 saturated heterocycles. The molecule has 0 aromatic heterocycles. The van der Waals surface area contributed by atoms with Gasteiger partial charge in [-0.2, -0.15) is 0 Å². The van der Waals surface area contributed by atoms with E-state index in [9.17, 15) is 24.6 Å². The van der Waals surface area contributed by atoms with Crippen molar-refractivity contribution >= 4 is 17.5 Å². The Hall–Kier alpha value is -4.13. The first kappa shape index (κ1) is 34.4. The van der Waals surface area contributed by atoms with Crippen molar-refractivity contribution in [3.8, 4) is 23.0 Å². The Labute approximate surface area is 261 Å². The van der Waals surface area contributed by atoms with Crippen LogP contribution in [0.15, 0.2) is 60.7 Å². The monoisotopic (exact) mass is 602 g/mol. The maximum atomic E-state index is 13.2. The molecule has 7 nitrogen and oxygen atoms in total. The van der Waals surface area contributed by atoms with Gasteiger partial charge in [-0.15, -0.1) is 0 Å². The van der Waals surface area contributed by atoms with Gasteiger partial charge < -0.3 is 19.7 Å². The predicted octanol–water partition coefficient (Wildman–Crippen LogP) is 8.79. The second-order valence-corrected chi connectivity index (χ2v) is 12.8. The van der Waals surface area contributed by atoms with E-state index in [1.54, 1.807) is 18.2 Å². The topological polar surface area (TPSA) is 110 Å². The van der Waals surface area contributed by atoms with Crippen LogP contribution in [0.25, 0.3) is 0 Å². The van der Waals surface area contributed by atoms with Gasteiger partial charge in [0.2, 0.25) is 0 Å². The van der Waals surface area contributed by atoms with Crippen molar-refractivity contribution in [2.45, 2.75) is 86.7 Å². The number of aromatic hydroxyl groups is 2. The summed E-state index contributed by atoms with van der Waals surface area (Å²) in [6.45, 7) is 16.4. The fourth-order valence-electron chi connectivity index (χ4n) is 5.19.